The van der Waals surface area contributed by atoms with Gasteiger partial charge < -0.3 is 10.6 Å². The van der Waals surface area contributed by atoms with Crippen LogP contribution in [-0.4, -0.2) is 12.6 Å². The molecular weight excluding hydrogens is 295 g/mol. The SMILES string of the molecule is O=C(NCCC1=CCCCC1)Nc1cc(Cl)ccc1Cl. The minimum absolute atomic E-state index is 0.259. The highest BCUT2D eigenvalue weighted by Gasteiger charge is 2.07. The fourth-order valence-electron chi connectivity index (χ4n) is 2.23. The van der Waals surface area contributed by atoms with Crippen molar-refractivity contribution in [2.24, 2.45) is 0 Å². The van der Waals surface area contributed by atoms with E-state index < -0.39 is 0 Å². The maximum absolute atomic E-state index is 11.8. The minimum Gasteiger partial charge on any atom is -0.338 e. The Morgan fingerprint density at radius 3 is 2.85 bits per heavy atom. The molecule has 108 valence electrons. The zero-order chi connectivity index (χ0) is 14.4. The number of nitrogens with one attached hydrogen (secondary N) is 2. The van der Waals surface area contributed by atoms with E-state index in [1.165, 1.54) is 24.8 Å². The van der Waals surface area contributed by atoms with E-state index in [0.29, 0.717) is 22.3 Å². The lowest BCUT2D eigenvalue weighted by Gasteiger charge is -2.13. The largest absolute Gasteiger partial charge is 0.338 e. The fourth-order valence-corrected chi connectivity index (χ4v) is 2.56. The van der Waals surface area contributed by atoms with Gasteiger partial charge in [-0.1, -0.05) is 34.9 Å². The number of halogens is 2. The summed E-state index contributed by atoms with van der Waals surface area (Å²) in [6.07, 6.45) is 8.07. The number of amides is 2. The number of rotatable bonds is 4. The average molecular weight is 313 g/mol. The van der Waals surface area contributed by atoms with Gasteiger partial charge in [0.05, 0.1) is 10.7 Å². The molecule has 20 heavy (non-hydrogen) atoms. The van der Waals surface area contributed by atoms with Crippen molar-refractivity contribution in [2.45, 2.75) is 32.1 Å². The smallest absolute Gasteiger partial charge is 0.319 e. The van der Waals surface area contributed by atoms with Gasteiger partial charge in [0.25, 0.3) is 0 Å². The molecule has 0 saturated heterocycles. The number of carbonyl (C=O) groups is 1. The topological polar surface area (TPSA) is 41.1 Å². The molecule has 3 nitrogen and oxygen atoms in total. The minimum atomic E-state index is -0.259. The van der Waals surface area contributed by atoms with Crippen molar-refractivity contribution >= 4 is 34.9 Å². The molecule has 0 unspecified atom stereocenters. The summed E-state index contributed by atoms with van der Waals surface area (Å²) in [5, 5.41) is 6.55. The lowest BCUT2D eigenvalue weighted by Crippen LogP contribution is -2.29. The number of anilines is 1. The standard InChI is InChI=1S/C15H18Cl2N2O/c16-12-6-7-13(17)14(10-12)19-15(20)18-9-8-11-4-2-1-3-5-11/h4,6-7,10H,1-3,5,8-9H2,(H2,18,19,20). The van der Waals surface area contributed by atoms with Gasteiger partial charge in [-0.3, -0.25) is 0 Å². The van der Waals surface area contributed by atoms with Gasteiger partial charge in [-0.15, -0.1) is 0 Å². The van der Waals surface area contributed by atoms with Crippen molar-refractivity contribution < 1.29 is 4.79 Å². The van der Waals surface area contributed by atoms with Crippen LogP contribution in [0.5, 0.6) is 0 Å². The van der Waals surface area contributed by atoms with E-state index >= 15 is 0 Å². The summed E-state index contributed by atoms with van der Waals surface area (Å²) < 4.78 is 0. The third-order valence-corrected chi connectivity index (χ3v) is 3.86. The Labute approximate surface area is 129 Å². The molecule has 1 aliphatic carbocycles. The van der Waals surface area contributed by atoms with Gasteiger partial charge in [-0.25, -0.2) is 4.79 Å². The molecule has 1 aromatic carbocycles. The van der Waals surface area contributed by atoms with Crippen LogP contribution in [0.15, 0.2) is 29.8 Å². The Hall–Kier alpha value is -1.19. The van der Waals surface area contributed by atoms with Crippen molar-refractivity contribution in [3.05, 3.63) is 39.9 Å². The van der Waals surface area contributed by atoms with E-state index in [2.05, 4.69) is 16.7 Å². The molecule has 2 amide bonds. The third-order valence-electron chi connectivity index (χ3n) is 3.29. The third kappa shape index (κ3) is 4.73. The molecule has 0 heterocycles. The first-order valence-electron chi connectivity index (χ1n) is 6.83. The van der Waals surface area contributed by atoms with Crippen LogP contribution < -0.4 is 10.6 Å². The lowest BCUT2D eigenvalue weighted by molar-refractivity contribution is 0.252. The highest BCUT2D eigenvalue weighted by atomic mass is 35.5. The Balaban J connectivity index is 1.77. The molecule has 2 N–H and O–H groups in total. The molecular formula is C15H18Cl2N2O. The molecule has 0 aromatic heterocycles. The van der Waals surface area contributed by atoms with Crippen LogP contribution in [0.1, 0.15) is 32.1 Å². The van der Waals surface area contributed by atoms with Crippen molar-refractivity contribution in [1.82, 2.24) is 5.32 Å². The second-order valence-electron chi connectivity index (χ2n) is 4.86. The van der Waals surface area contributed by atoms with Gasteiger partial charge in [0.2, 0.25) is 0 Å². The zero-order valence-electron chi connectivity index (χ0n) is 11.2. The Kier molecular flexibility index (Phi) is 5.74. The summed E-state index contributed by atoms with van der Waals surface area (Å²) in [6, 6.07) is 4.72. The number of allylic oxidation sites excluding steroid dienone is 1. The second-order valence-corrected chi connectivity index (χ2v) is 5.71. The highest BCUT2D eigenvalue weighted by molar-refractivity contribution is 6.35. The Morgan fingerprint density at radius 1 is 1.25 bits per heavy atom. The van der Waals surface area contributed by atoms with Crippen LogP contribution >= 0.6 is 23.2 Å². The van der Waals surface area contributed by atoms with Crippen molar-refractivity contribution in [1.29, 1.82) is 0 Å². The van der Waals surface area contributed by atoms with Gasteiger partial charge >= 0.3 is 6.03 Å². The summed E-state index contributed by atoms with van der Waals surface area (Å²) in [7, 11) is 0. The van der Waals surface area contributed by atoms with Crippen LogP contribution in [0.4, 0.5) is 10.5 Å². The van der Waals surface area contributed by atoms with Crippen LogP contribution in [0.25, 0.3) is 0 Å². The van der Waals surface area contributed by atoms with Crippen LogP contribution in [0, 0.1) is 0 Å². The molecule has 0 bridgehead atoms. The van der Waals surface area contributed by atoms with Crippen molar-refractivity contribution in [3.63, 3.8) is 0 Å². The Bertz CT molecular complexity index is 515. The molecule has 1 aliphatic rings. The quantitative estimate of drug-likeness (QED) is 0.754. The van der Waals surface area contributed by atoms with Gasteiger partial charge in [0, 0.05) is 11.6 Å². The zero-order valence-corrected chi connectivity index (χ0v) is 12.7. The molecule has 2 rings (SSSR count). The summed E-state index contributed by atoms with van der Waals surface area (Å²) in [4.78, 5) is 11.8. The van der Waals surface area contributed by atoms with Gasteiger partial charge in [-0.05, 0) is 50.3 Å². The molecule has 5 heteroatoms. The summed E-state index contributed by atoms with van der Waals surface area (Å²) >= 11 is 11.9. The molecule has 0 spiro atoms. The van der Waals surface area contributed by atoms with Gasteiger partial charge in [0.1, 0.15) is 0 Å². The first-order valence-corrected chi connectivity index (χ1v) is 7.58. The van der Waals surface area contributed by atoms with E-state index in [9.17, 15) is 4.79 Å². The second kappa shape index (κ2) is 7.55. The molecule has 1 aromatic rings. The predicted molar refractivity (Wildman–Crippen MR) is 84.7 cm³/mol. The average Bonchev–Trinajstić information content (AvgIpc) is 2.44. The van der Waals surface area contributed by atoms with Crippen LogP contribution in [-0.2, 0) is 0 Å². The first-order chi connectivity index (χ1) is 9.65. The number of benzene rings is 1. The van der Waals surface area contributed by atoms with E-state index in [4.69, 9.17) is 23.2 Å². The maximum atomic E-state index is 11.8. The molecule has 0 saturated carbocycles. The number of hydrogen-bond donors (Lipinski definition) is 2. The fraction of sp³-hybridized carbons (Fsp3) is 0.400. The number of urea groups is 1. The lowest BCUT2D eigenvalue weighted by atomic mass is 9.97. The maximum Gasteiger partial charge on any atom is 0.319 e. The summed E-state index contributed by atoms with van der Waals surface area (Å²) in [5.41, 5.74) is 1.96. The Morgan fingerprint density at radius 2 is 2.10 bits per heavy atom. The molecule has 0 aliphatic heterocycles. The number of hydrogen-bond acceptors (Lipinski definition) is 1. The van der Waals surface area contributed by atoms with E-state index in [0.717, 1.165) is 12.8 Å². The van der Waals surface area contributed by atoms with Crippen LogP contribution in [0.2, 0.25) is 10.0 Å². The van der Waals surface area contributed by atoms with Crippen molar-refractivity contribution in [2.75, 3.05) is 11.9 Å². The van der Waals surface area contributed by atoms with E-state index in [1.807, 2.05) is 0 Å². The van der Waals surface area contributed by atoms with E-state index in [-0.39, 0.29) is 6.03 Å². The van der Waals surface area contributed by atoms with Crippen molar-refractivity contribution in [3.8, 4) is 0 Å². The van der Waals surface area contributed by atoms with E-state index in [1.54, 1.807) is 18.2 Å². The predicted octanol–water partition coefficient (Wildman–Crippen LogP) is 5.01. The summed E-state index contributed by atoms with van der Waals surface area (Å²) in [6.45, 7) is 0.635. The number of carbonyl (C=O) groups excluding carboxylic acids is 1. The van der Waals surface area contributed by atoms with Gasteiger partial charge in [0.15, 0.2) is 0 Å². The molecule has 0 atom stereocenters. The monoisotopic (exact) mass is 312 g/mol. The summed E-state index contributed by atoms with van der Waals surface area (Å²) in [5.74, 6) is 0. The molecule has 0 radical (unpaired) electrons. The van der Waals surface area contributed by atoms with Crippen LogP contribution in [0.3, 0.4) is 0 Å². The molecule has 0 fully saturated rings. The highest BCUT2D eigenvalue weighted by Crippen LogP contribution is 2.25. The van der Waals surface area contributed by atoms with Gasteiger partial charge in [-0.2, -0.15) is 0 Å². The normalized spacial score (nSPS) is 14.6. The first kappa shape index (κ1) is 15.2.